The lowest BCUT2D eigenvalue weighted by atomic mass is 9.94. The monoisotopic (exact) mass is 292 g/mol. The lowest BCUT2D eigenvalue weighted by Gasteiger charge is -2.32. The highest BCUT2D eigenvalue weighted by Crippen LogP contribution is 2.29. The molecule has 1 amide bonds. The number of carbonyl (C=O) groups is 1. The summed E-state index contributed by atoms with van der Waals surface area (Å²) in [5.41, 5.74) is 0. The number of thioether (sulfide) groups is 1. The zero-order valence-corrected chi connectivity index (χ0v) is 12.7. The summed E-state index contributed by atoms with van der Waals surface area (Å²) in [6.07, 6.45) is 6.05. The SMILES string of the molecule is CCSC1CCCCC1NC(=O)C1CCNC1.Cl. The summed E-state index contributed by atoms with van der Waals surface area (Å²) in [4.78, 5) is 12.1. The van der Waals surface area contributed by atoms with Crippen molar-refractivity contribution in [3.8, 4) is 0 Å². The molecular weight excluding hydrogens is 268 g/mol. The highest BCUT2D eigenvalue weighted by Gasteiger charge is 2.29. The summed E-state index contributed by atoms with van der Waals surface area (Å²) in [5, 5.41) is 7.20. The summed E-state index contributed by atoms with van der Waals surface area (Å²) in [7, 11) is 0. The fraction of sp³-hybridized carbons (Fsp3) is 0.923. The van der Waals surface area contributed by atoms with Crippen LogP contribution in [-0.2, 0) is 4.79 Å². The van der Waals surface area contributed by atoms with Crippen LogP contribution >= 0.6 is 24.2 Å². The Hall–Kier alpha value is 0.0700. The third kappa shape index (κ3) is 4.32. The Labute approximate surface area is 121 Å². The van der Waals surface area contributed by atoms with E-state index in [2.05, 4.69) is 17.6 Å². The molecule has 106 valence electrons. The van der Waals surface area contributed by atoms with Crippen molar-refractivity contribution in [2.75, 3.05) is 18.8 Å². The van der Waals surface area contributed by atoms with Gasteiger partial charge in [-0.1, -0.05) is 19.8 Å². The first-order chi connectivity index (χ1) is 8.31. The van der Waals surface area contributed by atoms with Crippen LogP contribution in [-0.4, -0.2) is 36.0 Å². The lowest BCUT2D eigenvalue weighted by molar-refractivity contribution is -0.125. The average Bonchev–Trinajstić information content (AvgIpc) is 2.85. The Morgan fingerprint density at radius 1 is 1.33 bits per heavy atom. The normalized spacial score (nSPS) is 31.7. The molecule has 0 bridgehead atoms. The van der Waals surface area contributed by atoms with Gasteiger partial charge in [0.15, 0.2) is 0 Å². The maximum Gasteiger partial charge on any atom is 0.224 e. The van der Waals surface area contributed by atoms with Crippen LogP contribution in [0.5, 0.6) is 0 Å². The topological polar surface area (TPSA) is 41.1 Å². The first-order valence-corrected chi connectivity index (χ1v) is 7.99. The first kappa shape index (κ1) is 16.1. The fourth-order valence-corrected chi connectivity index (χ4v) is 4.05. The minimum atomic E-state index is 0. The maximum absolute atomic E-state index is 12.1. The van der Waals surface area contributed by atoms with E-state index in [1.807, 2.05) is 11.8 Å². The Kier molecular flexibility index (Phi) is 7.42. The molecule has 2 fully saturated rings. The van der Waals surface area contributed by atoms with Gasteiger partial charge in [0.1, 0.15) is 0 Å². The number of hydrogen-bond acceptors (Lipinski definition) is 3. The molecule has 0 aromatic carbocycles. The van der Waals surface area contributed by atoms with E-state index >= 15 is 0 Å². The van der Waals surface area contributed by atoms with Crippen molar-refractivity contribution >= 4 is 30.1 Å². The second-order valence-electron chi connectivity index (χ2n) is 5.08. The van der Waals surface area contributed by atoms with E-state index in [0.29, 0.717) is 11.3 Å². The molecule has 1 heterocycles. The van der Waals surface area contributed by atoms with Crippen molar-refractivity contribution in [1.82, 2.24) is 10.6 Å². The summed E-state index contributed by atoms with van der Waals surface area (Å²) >= 11 is 2.01. The fourth-order valence-electron chi connectivity index (χ4n) is 2.85. The van der Waals surface area contributed by atoms with Crippen LogP contribution in [0.3, 0.4) is 0 Å². The van der Waals surface area contributed by atoms with Crippen molar-refractivity contribution in [1.29, 1.82) is 0 Å². The van der Waals surface area contributed by atoms with Gasteiger partial charge >= 0.3 is 0 Å². The predicted octanol–water partition coefficient (Wildman–Crippen LogP) is 2.20. The molecule has 0 radical (unpaired) electrons. The van der Waals surface area contributed by atoms with Crippen LogP contribution in [0.2, 0.25) is 0 Å². The van der Waals surface area contributed by atoms with Crippen LogP contribution < -0.4 is 10.6 Å². The van der Waals surface area contributed by atoms with Gasteiger partial charge in [-0.2, -0.15) is 11.8 Å². The Morgan fingerprint density at radius 3 is 2.78 bits per heavy atom. The van der Waals surface area contributed by atoms with E-state index in [9.17, 15) is 4.79 Å². The van der Waals surface area contributed by atoms with E-state index in [0.717, 1.165) is 25.3 Å². The van der Waals surface area contributed by atoms with Crippen LogP contribution in [0, 0.1) is 5.92 Å². The minimum absolute atomic E-state index is 0. The van der Waals surface area contributed by atoms with E-state index in [4.69, 9.17) is 0 Å². The molecule has 3 nitrogen and oxygen atoms in total. The molecule has 18 heavy (non-hydrogen) atoms. The summed E-state index contributed by atoms with van der Waals surface area (Å²) in [5.74, 6) is 1.65. The Balaban J connectivity index is 0.00000162. The number of carbonyl (C=O) groups excluding carboxylic acids is 1. The first-order valence-electron chi connectivity index (χ1n) is 6.94. The van der Waals surface area contributed by atoms with E-state index in [1.54, 1.807) is 0 Å². The second-order valence-corrected chi connectivity index (χ2v) is 6.60. The van der Waals surface area contributed by atoms with E-state index in [1.165, 1.54) is 25.7 Å². The average molecular weight is 293 g/mol. The third-order valence-corrected chi connectivity index (χ3v) is 5.17. The standard InChI is InChI=1S/C13H24N2OS.ClH/c1-2-17-12-6-4-3-5-11(12)15-13(16)10-7-8-14-9-10;/h10-12,14H,2-9H2,1H3,(H,15,16);1H. The van der Waals surface area contributed by atoms with E-state index < -0.39 is 0 Å². The van der Waals surface area contributed by atoms with Gasteiger partial charge in [0, 0.05) is 17.8 Å². The number of halogens is 1. The molecule has 0 spiro atoms. The molecule has 1 saturated carbocycles. The van der Waals surface area contributed by atoms with Gasteiger partial charge in [0.2, 0.25) is 5.91 Å². The molecule has 1 saturated heterocycles. The van der Waals surface area contributed by atoms with Crippen LogP contribution in [0.25, 0.3) is 0 Å². The molecule has 1 aliphatic carbocycles. The maximum atomic E-state index is 12.1. The molecule has 0 aromatic rings. The largest absolute Gasteiger partial charge is 0.352 e. The lowest BCUT2D eigenvalue weighted by Crippen LogP contribution is -2.46. The Bertz CT molecular complexity index is 257. The third-order valence-electron chi connectivity index (χ3n) is 3.84. The zero-order valence-electron chi connectivity index (χ0n) is 11.1. The van der Waals surface area contributed by atoms with Gasteiger partial charge in [-0.25, -0.2) is 0 Å². The van der Waals surface area contributed by atoms with Crippen molar-refractivity contribution in [2.24, 2.45) is 5.92 Å². The van der Waals surface area contributed by atoms with Gasteiger partial charge in [-0.3, -0.25) is 4.79 Å². The van der Waals surface area contributed by atoms with Crippen LogP contribution in [0.15, 0.2) is 0 Å². The second kappa shape index (κ2) is 8.28. The number of amides is 1. The van der Waals surface area contributed by atoms with Gasteiger partial charge in [0.25, 0.3) is 0 Å². The smallest absolute Gasteiger partial charge is 0.224 e. The van der Waals surface area contributed by atoms with Crippen molar-refractivity contribution in [2.45, 2.75) is 50.3 Å². The quantitative estimate of drug-likeness (QED) is 0.835. The molecule has 0 aromatic heterocycles. The molecule has 5 heteroatoms. The minimum Gasteiger partial charge on any atom is -0.352 e. The number of nitrogens with one attached hydrogen (secondary N) is 2. The summed E-state index contributed by atoms with van der Waals surface area (Å²) in [6.45, 7) is 4.07. The van der Waals surface area contributed by atoms with Crippen LogP contribution in [0.1, 0.15) is 39.0 Å². The van der Waals surface area contributed by atoms with Gasteiger partial charge < -0.3 is 10.6 Å². The molecule has 3 unspecified atom stereocenters. The molecular formula is C13H25ClN2OS. The highest BCUT2D eigenvalue weighted by molar-refractivity contribution is 7.99. The van der Waals surface area contributed by atoms with Gasteiger partial charge in [-0.15, -0.1) is 12.4 Å². The Morgan fingerprint density at radius 2 is 2.11 bits per heavy atom. The molecule has 3 atom stereocenters. The highest BCUT2D eigenvalue weighted by atomic mass is 35.5. The summed E-state index contributed by atoms with van der Waals surface area (Å²) < 4.78 is 0. The molecule has 2 aliphatic rings. The number of rotatable bonds is 4. The predicted molar refractivity (Wildman–Crippen MR) is 80.5 cm³/mol. The molecule has 2 N–H and O–H groups in total. The molecule has 2 rings (SSSR count). The van der Waals surface area contributed by atoms with E-state index in [-0.39, 0.29) is 24.2 Å². The van der Waals surface area contributed by atoms with Crippen molar-refractivity contribution in [3.05, 3.63) is 0 Å². The van der Waals surface area contributed by atoms with Crippen molar-refractivity contribution in [3.63, 3.8) is 0 Å². The van der Waals surface area contributed by atoms with Crippen molar-refractivity contribution < 1.29 is 4.79 Å². The summed E-state index contributed by atoms with van der Waals surface area (Å²) in [6, 6.07) is 0.418. The number of hydrogen-bond donors (Lipinski definition) is 2. The van der Waals surface area contributed by atoms with Gasteiger partial charge in [-0.05, 0) is 31.6 Å². The zero-order chi connectivity index (χ0) is 12.1. The van der Waals surface area contributed by atoms with Gasteiger partial charge in [0.05, 0.1) is 5.92 Å². The van der Waals surface area contributed by atoms with Crippen LogP contribution in [0.4, 0.5) is 0 Å². The molecule has 1 aliphatic heterocycles.